The normalized spacial score (nSPS) is 20.5. The molecule has 2 aliphatic rings. The van der Waals surface area contributed by atoms with E-state index < -0.39 is 0 Å². The highest BCUT2D eigenvalue weighted by atomic mass is 16.5. The van der Waals surface area contributed by atoms with Gasteiger partial charge in [0.1, 0.15) is 11.3 Å². The summed E-state index contributed by atoms with van der Waals surface area (Å²) in [6.07, 6.45) is 4.81. The largest absolute Gasteiger partial charge is 0.382 e. The number of imidazole rings is 1. The SMILES string of the molecule is CCc1nc2c(C)cc(C)nc2n1Cc1ccc(NC2CCC(C(=O)NCCN3CCOCC3)CC2)cc1. The topological polar surface area (TPSA) is 84.3 Å². The molecular weight excluding hydrogens is 476 g/mol. The van der Waals surface area contributed by atoms with Gasteiger partial charge >= 0.3 is 0 Å². The van der Waals surface area contributed by atoms with Gasteiger partial charge < -0.3 is 19.9 Å². The van der Waals surface area contributed by atoms with Crippen molar-refractivity contribution in [2.75, 3.05) is 44.7 Å². The van der Waals surface area contributed by atoms with Gasteiger partial charge in [-0.1, -0.05) is 19.1 Å². The maximum atomic E-state index is 12.7. The van der Waals surface area contributed by atoms with Crippen molar-refractivity contribution < 1.29 is 9.53 Å². The maximum Gasteiger partial charge on any atom is 0.223 e. The van der Waals surface area contributed by atoms with Crippen LogP contribution < -0.4 is 10.6 Å². The summed E-state index contributed by atoms with van der Waals surface area (Å²) in [6, 6.07) is 11.3. The molecule has 3 aromatic rings. The van der Waals surface area contributed by atoms with Crippen molar-refractivity contribution >= 4 is 22.8 Å². The van der Waals surface area contributed by atoms with Gasteiger partial charge in [-0.05, 0) is 68.9 Å². The van der Waals surface area contributed by atoms with Gasteiger partial charge in [-0.15, -0.1) is 0 Å². The van der Waals surface area contributed by atoms with Gasteiger partial charge in [-0.3, -0.25) is 9.69 Å². The number of ether oxygens (including phenoxy) is 1. The summed E-state index contributed by atoms with van der Waals surface area (Å²) in [6.45, 7) is 12.2. The van der Waals surface area contributed by atoms with Crippen LogP contribution >= 0.6 is 0 Å². The summed E-state index contributed by atoms with van der Waals surface area (Å²) in [5, 5.41) is 6.86. The van der Waals surface area contributed by atoms with E-state index in [0.29, 0.717) is 6.04 Å². The number of hydrogen-bond acceptors (Lipinski definition) is 6. The fourth-order valence-electron chi connectivity index (χ4n) is 5.82. The Morgan fingerprint density at radius 2 is 1.79 bits per heavy atom. The minimum atomic E-state index is 0.138. The zero-order chi connectivity index (χ0) is 26.5. The van der Waals surface area contributed by atoms with E-state index in [1.54, 1.807) is 0 Å². The van der Waals surface area contributed by atoms with Crippen LogP contribution in [0.3, 0.4) is 0 Å². The number of nitrogens with one attached hydrogen (secondary N) is 2. The Morgan fingerprint density at radius 1 is 1.05 bits per heavy atom. The Kier molecular flexibility index (Phi) is 8.59. The smallest absolute Gasteiger partial charge is 0.223 e. The number of carbonyl (C=O) groups excluding carboxylic acids is 1. The van der Waals surface area contributed by atoms with Crippen LogP contribution in [0, 0.1) is 19.8 Å². The summed E-state index contributed by atoms with van der Waals surface area (Å²) in [5.41, 5.74) is 6.57. The van der Waals surface area contributed by atoms with Crippen LogP contribution in [0.25, 0.3) is 11.2 Å². The van der Waals surface area contributed by atoms with E-state index in [9.17, 15) is 4.79 Å². The molecule has 38 heavy (non-hydrogen) atoms. The number of morpholine rings is 1. The number of aromatic nitrogens is 3. The van der Waals surface area contributed by atoms with E-state index in [-0.39, 0.29) is 11.8 Å². The second-order valence-corrected chi connectivity index (χ2v) is 10.9. The lowest BCUT2D eigenvalue weighted by Gasteiger charge is -2.30. The average Bonchev–Trinajstić information content (AvgIpc) is 3.28. The zero-order valence-corrected chi connectivity index (χ0v) is 23.1. The highest BCUT2D eigenvalue weighted by molar-refractivity contribution is 5.78. The number of rotatable bonds is 9. The van der Waals surface area contributed by atoms with Gasteiger partial charge in [0.15, 0.2) is 5.65 Å². The molecule has 1 amide bonds. The monoisotopic (exact) mass is 518 g/mol. The second-order valence-electron chi connectivity index (χ2n) is 10.9. The number of carbonyl (C=O) groups is 1. The minimum Gasteiger partial charge on any atom is -0.382 e. The first-order chi connectivity index (χ1) is 18.5. The number of hydrogen-bond donors (Lipinski definition) is 2. The molecule has 8 nitrogen and oxygen atoms in total. The molecular formula is C30H42N6O2. The molecule has 2 aromatic heterocycles. The van der Waals surface area contributed by atoms with Crippen molar-refractivity contribution in [3.8, 4) is 0 Å². The van der Waals surface area contributed by atoms with E-state index in [2.05, 4.69) is 64.3 Å². The van der Waals surface area contributed by atoms with Crippen LogP contribution in [0.1, 0.15) is 55.3 Å². The molecule has 2 N–H and O–H groups in total. The number of benzene rings is 1. The molecule has 1 aromatic carbocycles. The molecule has 1 aliphatic carbocycles. The van der Waals surface area contributed by atoms with Crippen molar-refractivity contribution in [2.24, 2.45) is 5.92 Å². The number of fused-ring (bicyclic) bond motifs is 1. The Bertz CT molecular complexity index is 1220. The van der Waals surface area contributed by atoms with Crippen LogP contribution in [0.5, 0.6) is 0 Å². The summed E-state index contributed by atoms with van der Waals surface area (Å²) >= 11 is 0. The lowest BCUT2D eigenvalue weighted by molar-refractivity contribution is -0.126. The predicted molar refractivity (Wildman–Crippen MR) is 152 cm³/mol. The third kappa shape index (κ3) is 6.35. The lowest BCUT2D eigenvalue weighted by Crippen LogP contribution is -2.43. The first-order valence-corrected chi connectivity index (χ1v) is 14.3. The van der Waals surface area contributed by atoms with E-state index >= 15 is 0 Å². The molecule has 0 radical (unpaired) electrons. The average molecular weight is 519 g/mol. The third-order valence-corrected chi connectivity index (χ3v) is 8.01. The molecule has 0 unspecified atom stereocenters. The molecule has 0 atom stereocenters. The Morgan fingerprint density at radius 3 is 2.50 bits per heavy atom. The highest BCUT2D eigenvalue weighted by Crippen LogP contribution is 2.27. The van der Waals surface area contributed by atoms with Gasteiger partial charge in [-0.25, -0.2) is 9.97 Å². The molecule has 5 rings (SSSR count). The van der Waals surface area contributed by atoms with Gasteiger partial charge in [0.2, 0.25) is 5.91 Å². The molecule has 1 saturated heterocycles. The number of pyridine rings is 1. The number of nitrogens with zero attached hydrogens (tertiary/aromatic N) is 4. The van der Waals surface area contributed by atoms with Crippen LogP contribution in [-0.4, -0.2) is 70.8 Å². The van der Waals surface area contributed by atoms with Gasteiger partial charge in [0, 0.05) is 55.9 Å². The first kappa shape index (κ1) is 26.6. The quantitative estimate of drug-likeness (QED) is 0.444. The lowest BCUT2D eigenvalue weighted by atomic mass is 9.85. The third-order valence-electron chi connectivity index (χ3n) is 8.01. The molecule has 1 saturated carbocycles. The van der Waals surface area contributed by atoms with E-state index in [0.717, 1.165) is 106 Å². The minimum absolute atomic E-state index is 0.138. The standard InChI is InChI=1S/C30H42N6O2/c1-4-27-34-28-21(2)19-22(3)32-29(28)36(27)20-23-5-9-25(10-6-23)33-26-11-7-24(8-12-26)30(37)31-13-14-35-15-17-38-18-16-35/h5-6,9-10,19,24,26,33H,4,7-8,11-18,20H2,1-3H3,(H,31,37). The maximum absolute atomic E-state index is 12.7. The van der Waals surface area contributed by atoms with Gasteiger partial charge in [-0.2, -0.15) is 0 Å². The Labute approximate surface area is 226 Å². The number of anilines is 1. The predicted octanol–water partition coefficient (Wildman–Crippen LogP) is 4.08. The Hall–Kier alpha value is -2.97. The van der Waals surface area contributed by atoms with Gasteiger partial charge in [0.05, 0.1) is 19.8 Å². The molecule has 0 bridgehead atoms. The van der Waals surface area contributed by atoms with Crippen LogP contribution in [0.15, 0.2) is 30.3 Å². The summed E-state index contributed by atoms with van der Waals surface area (Å²) in [4.78, 5) is 24.7. The fourth-order valence-corrected chi connectivity index (χ4v) is 5.82. The van der Waals surface area contributed by atoms with Crippen LogP contribution in [0.4, 0.5) is 5.69 Å². The van der Waals surface area contributed by atoms with Crippen molar-refractivity contribution in [1.29, 1.82) is 0 Å². The first-order valence-electron chi connectivity index (χ1n) is 14.3. The van der Waals surface area contributed by atoms with Crippen LogP contribution in [0.2, 0.25) is 0 Å². The van der Waals surface area contributed by atoms with Gasteiger partial charge in [0.25, 0.3) is 0 Å². The molecule has 0 spiro atoms. The van der Waals surface area contributed by atoms with E-state index in [1.165, 1.54) is 11.1 Å². The second kappa shape index (κ2) is 12.3. The van der Waals surface area contributed by atoms with Crippen molar-refractivity contribution in [3.63, 3.8) is 0 Å². The highest BCUT2D eigenvalue weighted by Gasteiger charge is 2.26. The molecule has 1 aliphatic heterocycles. The molecule has 8 heteroatoms. The number of amides is 1. The van der Waals surface area contributed by atoms with Crippen molar-refractivity contribution in [1.82, 2.24) is 24.8 Å². The number of aryl methyl sites for hydroxylation is 3. The Balaban J connectivity index is 1.10. The van der Waals surface area contributed by atoms with E-state index in [4.69, 9.17) is 14.7 Å². The van der Waals surface area contributed by atoms with E-state index in [1.807, 2.05) is 6.92 Å². The molecule has 2 fully saturated rings. The fraction of sp³-hybridized carbons (Fsp3) is 0.567. The zero-order valence-electron chi connectivity index (χ0n) is 23.1. The molecule has 3 heterocycles. The summed E-state index contributed by atoms with van der Waals surface area (Å²) < 4.78 is 7.65. The van der Waals surface area contributed by atoms with Crippen molar-refractivity contribution in [2.45, 2.75) is 65.5 Å². The van der Waals surface area contributed by atoms with Crippen molar-refractivity contribution in [3.05, 3.63) is 53.0 Å². The summed E-state index contributed by atoms with van der Waals surface area (Å²) in [5.74, 6) is 1.43. The van der Waals surface area contributed by atoms with Crippen LogP contribution in [-0.2, 0) is 22.5 Å². The summed E-state index contributed by atoms with van der Waals surface area (Å²) in [7, 11) is 0. The molecule has 204 valence electrons.